The number of carboxylic acids is 3. The first-order valence-corrected chi connectivity index (χ1v) is 12.9. The van der Waals surface area contributed by atoms with Gasteiger partial charge in [0.15, 0.2) is 8.90 Å². The molecule has 0 atom stereocenters. The number of thiocarbonyl (C=S) groups is 3. The van der Waals surface area contributed by atoms with Crippen molar-refractivity contribution in [2.75, 3.05) is 18.1 Å². The van der Waals surface area contributed by atoms with E-state index in [1.807, 2.05) is 0 Å². The number of carbonyl (C=O) groups is 3. The van der Waals surface area contributed by atoms with Crippen molar-refractivity contribution in [2.45, 2.75) is 14.9 Å². The lowest BCUT2D eigenvalue weighted by atomic mass is 10.2. The summed E-state index contributed by atoms with van der Waals surface area (Å²) in [5, 5.41) is 33.2. The molecule has 0 aliphatic carbocycles. The van der Waals surface area contributed by atoms with E-state index >= 15 is 0 Å². The fourth-order valence-corrected chi connectivity index (χ4v) is 2.50. The number of hydrogen-bond acceptors (Lipinski definition) is 8. The van der Waals surface area contributed by atoms with Crippen LogP contribution in [0.3, 0.4) is 0 Å². The number of aromatic carboxylic acids is 3. The van der Waals surface area contributed by atoms with E-state index in [1.165, 1.54) is 48.0 Å². The first kappa shape index (κ1) is 43.4. The van der Waals surface area contributed by atoms with Gasteiger partial charge in [0.1, 0.15) is 0 Å². The Morgan fingerprint density at radius 1 is 0.767 bits per heavy atom. The van der Waals surface area contributed by atoms with Crippen LogP contribution in [-0.2, 0) is 0 Å². The van der Waals surface area contributed by atoms with Crippen molar-refractivity contribution >= 4 is 115 Å². The zero-order valence-electron chi connectivity index (χ0n) is 21.2. The van der Waals surface area contributed by atoms with E-state index in [0.717, 1.165) is 5.69 Å². The van der Waals surface area contributed by atoms with Gasteiger partial charge in [0.2, 0.25) is 0 Å². The largest absolute Gasteiger partial charge is 0.478 e. The molecule has 0 fully saturated rings. The Morgan fingerprint density at radius 2 is 1.12 bits per heavy atom. The molecule has 3 aromatic rings. The standard InChI is InChI=1S/C9H10N2O2S.C9H7NO2S.C7H7NO2.CCl2S.2CH4/c1-10-9(14)11-7-4-2-6(3-5-7)8(12)13;11-9(12)7-1-3-8(4-2-7)10-5-6-13;8-6-3-1-5(2-4-6)7(9)10;2-1(3)4;;/h2-5H,1H3,(H,12,13)(H2,10,11,14);1-6H,(H,11,12);1-4H,8H2,(H,9,10);;2*1H4. The Morgan fingerprint density at radius 3 is 1.44 bits per heavy atom. The van der Waals surface area contributed by atoms with Crippen molar-refractivity contribution in [1.82, 2.24) is 5.32 Å². The Balaban J connectivity index is -0.000000518. The van der Waals surface area contributed by atoms with Crippen molar-refractivity contribution < 1.29 is 29.7 Å². The van der Waals surface area contributed by atoms with E-state index < -0.39 is 17.9 Å². The Labute approximate surface area is 276 Å². The lowest BCUT2D eigenvalue weighted by Crippen LogP contribution is -2.24. The monoisotopic (exact) mass is 686 g/mol. The highest BCUT2D eigenvalue weighted by Crippen LogP contribution is 2.12. The molecular formula is C28H32Cl2N4O6S3. The average molecular weight is 688 g/mol. The van der Waals surface area contributed by atoms with Crippen molar-refractivity contribution in [3.8, 4) is 0 Å². The molecule has 0 aliphatic rings. The van der Waals surface area contributed by atoms with Crippen molar-refractivity contribution in [3.05, 3.63) is 89.5 Å². The molecule has 3 aromatic carbocycles. The molecule has 0 amide bonds. The number of halogens is 2. The zero-order valence-corrected chi connectivity index (χ0v) is 25.1. The minimum Gasteiger partial charge on any atom is -0.478 e. The van der Waals surface area contributed by atoms with Crippen LogP contribution in [0.25, 0.3) is 0 Å². The van der Waals surface area contributed by atoms with Crippen LogP contribution in [0.4, 0.5) is 17.1 Å². The number of rotatable bonds is 6. The van der Waals surface area contributed by atoms with Crippen LogP contribution in [0.5, 0.6) is 0 Å². The number of hydrogen-bond donors (Lipinski definition) is 6. The van der Waals surface area contributed by atoms with Gasteiger partial charge in [-0.05, 0) is 85.0 Å². The molecular weight excluding hydrogens is 655 g/mol. The fraction of sp³-hybridized carbons (Fsp3) is 0.107. The molecule has 15 heteroatoms. The van der Waals surface area contributed by atoms with Gasteiger partial charge in [-0.15, -0.1) is 0 Å². The third-order valence-electron chi connectivity index (χ3n) is 4.17. The number of nitrogens with zero attached hydrogens (tertiary/aromatic N) is 1. The van der Waals surface area contributed by atoms with Gasteiger partial charge in [-0.25, -0.2) is 14.4 Å². The molecule has 7 N–H and O–H groups in total. The highest BCUT2D eigenvalue weighted by molar-refractivity contribution is 7.86. The smallest absolute Gasteiger partial charge is 0.335 e. The molecule has 0 radical (unpaired) electrons. The first-order chi connectivity index (χ1) is 19.3. The Bertz CT molecular complexity index is 1350. The number of benzene rings is 3. The van der Waals surface area contributed by atoms with Gasteiger partial charge in [0, 0.05) is 30.0 Å². The van der Waals surface area contributed by atoms with E-state index in [1.54, 1.807) is 43.4 Å². The molecule has 0 saturated carbocycles. The van der Waals surface area contributed by atoms with Gasteiger partial charge >= 0.3 is 17.9 Å². The van der Waals surface area contributed by atoms with E-state index in [4.69, 9.17) is 56.5 Å². The highest BCUT2D eigenvalue weighted by Gasteiger charge is 2.02. The molecule has 0 aromatic heterocycles. The maximum absolute atomic E-state index is 10.5. The number of carboxylic acid groups (broad SMARTS) is 3. The summed E-state index contributed by atoms with van der Waals surface area (Å²) >= 11 is 23.0. The molecule has 0 spiro atoms. The summed E-state index contributed by atoms with van der Waals surface area (Å²) in [5.41, 5.74) is 8.12. The van der Waals surface area contributed by atoms with Crippen molar-refractivity contribution in [1.29, 1.82) is 0 Å². The van der Waals surface area contributed by atoms with Crippen molar-refractivity contribution in [3.63, 3.8) is 0 Å². The lowest BCUT2D eigenvalue weighted by Gasteiger charge is -2.06. The summed E-state index contributed by atoms with van der Waals surface area (Å²) in [6, 6.07) is 18.7. The van der Waals surface area contributed by atoms with Gasteiger partial charge in [-0.2, -0.15) is 0 Å². The Kier molecular flexibility index (Phi) is 24.8. The zero-order chi connectivity index (χ0) is 31.4. The van der Waals surface area contributed by atoms with E-state index in [-0.39, 0.29) is 35.3 Å². The van der Waals surface area contributed by atoms with Crippen LogP contribution >= 0.6 is 59.9 Å². The van der Waals surface area contributed by atoms with Gasteiger partial charge in [0.25, 0.3) is 0 Å². The maximum Gasteiger partial charge on any atom is 0.335 e. The highest BCUT2D eigenvalue weighted by atomic mass is 35.5. The van der Waals surface area contributed by atoms with Crippen LogP contribution < -0.4 is 16.4 Å². The van der Waals surface area contributed by atoms with Crippen LogP contribution in [-0.4, -0.2) is 60.8 Å². The summed E-state index contributed by atoms with van der Waals surface area (Å²) in [6.07, 6.45) is 1.48. The minimum absolute atomic E-state index is 0. The van der Waals surface area contributed by atoms with Gasteiger partial charge < -0.3 is 31.7 Å². The minimum atomic E-state index is -0.939. The summed E-state index contributed by atoms with van der Waals surface area (Å²) in [5.74, 6) is -2.81. The third-order valence-corrected chi connectivity index (χ3v) is 4.60. The van der Waals surface area contributed by atoms with Gasteiger partial charge in [-0.3, -0.25) is 4.99 Å². The molecule has 0 bridgehead atoms. The number of nitrogens with two attached hydrogens (primary N) is 1. The molecule has 3 rings (SSSR count). The fourth-order valence-electron chi connectivity index (χ4n) is 2.32. The van der Waals surface area contributed by atoms with Crippen LogP contribution in [0.1, 0.15) is 45.9 Å². The predicted octanol–water partition coefficient (Wildman–Crippen LogP) is 7.38. The second-order valence-electron chi connectivity index (χ2n) is 7.01. The van der Waals surface area contributed by atoms with E-state index in [2.05, 4.69) is 40.1 Å². The van der Waals surface area contributed by atoms with E-state index in [0.29, 0.717) is 16.5 Å². The topological polar surface area (TPSA) is 174 Å². The number of aliphatic imine (C=N–C) groups is 1. The SMILES string of the molecule is C.C.CNC(=S)Nc1ccc(C(=O)O)cc1.Nc1ccc(C(=O)O)cc1.O=C(O)c1ccc(N=CC=S)cc1.S=C(Cl)Cl. The van der Waals surface area contributed by atoms with Crippen molar-refractivity contribution in [2.24, 2.45) is 4.99 Å². The second kappa shape index (κ2) is 24.6. The number of nitrogen functional groups attached to an aromatic ring is 1. The molecule has 0 saturated heterocycles. The molecule has 232 valence electrons. The number of nitrogens with one attached hydrogen (secondary N) is 2. The van der Waals surface area contributed by atoms with Crippen LogP contribution in [0, 0.1) is 0 Å². The molecule has 10 nitrogen and oxygen atoms in total. The number of anilines is 2. The normalized spacial score (nSPS) is 8.81. The predicted molar refractivity (Wildman–Crippen MR) is 189 cm³/mol. The molecule has 0 heterocycles. The summed E-state index contributed by atoms with van der Waals surface area (Å²) in [4.78, 5) is 35.2. The molecule has 43 heavy (non-hydrogen) atoms. The van der Waals surface area contributed by atoms with Gasteiger partial charge in [-0.1, -0.05) is 62.5 Å². The first-order valence-electron chi connectivity index (χ1n) is 10.9. The lowest BCUT2D eigenvalue weighted by molar-refractivity contribution is 0.0686. The second-order valence-corrected chi connectivity index (χ2v) is 9.49. The third kappa shape index (κ3) is 21.4. The van der Waals surface area contributed by atoms with Crippen LogP contribution in [0.15, 0.2) is 77.8 Å². The summed E-state index contributed by atoms with van der Waals surface area (Å²) < 4.78 is -0.0556. The maximum atomic E-state index is 10.5. The molecule has 0 unspecified atom stereocenters. The Hall–Kier alpha value is -4.01. The van der Waals surface area contributed by atoms with Gasteiger partial charge in [0.05, 0.1) is 22.4 Å². The average Bonchev–Trinajstić information content (AvgIpc) is 2.93. The van der Waals surface area contributed by atoms with Crippen LogP contribution in [0.2, 0.25) is 0 Å². The summed E-state index contributed by atoms with van der Waals surface area (Å²) in [6.45, 7) is 0. The van der Waals surface area contributed by atoms with E-state index in [9.17, 15) is 14.4 Å². The molecule has 0 aliphatic heterocycles. The summed E-state index contributed by atoms with van der Waals surface area (Å²) in [7, 11) is 1.71. The quantitative estimate of drug-likeness (QED) is 0.0658.